The Labute approximate surface area is 124 Å². The van der Waals surface area contributed by atoms with Crippen molar-refractivity contribution in [2.45, 2.75) is 0 Å². The molecule has 0 spiro atoms. The molecule has 0 bridgehead atoms. The van der Waals surface area contributed by atoms with Crippen molar-refractivity contribution in [2.24, 2.45) is 0 Å². The topological polar surface area (TPSA) is 59.3 Å². The summed E-state index contributed by atoms with van der Waals surface area (Å²) in [7, 11) is 0. The first-order chi connectivity index (χ1) is 9.69. The van der Waals surface area contributed by atoms with E-state index in [0.29, 0.717) is 17.1 Å². The van der Waals surface area contributed by atoms with E-state index in [1.54, 1.807) is 48.5 Å². The lowest BCUT2D eigenvalue weighted by molar-refractivity contribution is -0.136. The van der Waals surface area contributed by atoms with Crippen LogP contribution in [-0.4, -0.2) is 12.6 Å². The zero-order valence-corrected chi connectivity index (χ0v) is 12.0. The quantitative estimate of drug-likeness (QED) is 0.637. The predicted octanol–water partition coefficient (Wildman–Crippen LogP) is 3.31. The zero-order valence-electron chi connectivity index (χ0n) is 10.4. The second-order valence-electron chi connectivity index (χ2n) is 3.82. The molecule has 0 aliphatic rings. The smallest absolute Gasteiger partial charge is 0.349 e. The molecule has 2 rings (SSSR count). The summed E-state index contributed by atoms with van der Waals surface area (Å²) in [6, 6.07) is 15.6. The number of esters is 1. The first kappa shape index (κ1) is 14.1. The van der Waals surface area contributed by atoms with Crippen LogP contribution in [-0.2, 0) is 4.79 Å². The van der Waals surface area contributed by atoms with Crippen LogP contribution in [0.15, 0.2) is 53.0 Å². The van der Waals surface area contributed by atoms with Crippen LogP contribution in [0.5, 0.6) is 11.5 Å². The van der Waals surface area contributed by atoms with Gasteiger partial charge in [0.1, 0.15) is 17.6 Å². The fraction of sp³-hybridized carbons (Fsp3) is 0.0667. The molecule has 0 heterocycles. The predicted molar refractivity (Wildman–Crippen MR) is 76.4 cm³/mol. The van der Waals surface area contributed by atoms with Crippen molar-refractivity contribution in [2.75, 3.05) is 6.61 Å². The molecular formula is C15H10BrNO3. The van der Waals surface area contributed by atoms with Crippen molar-refractivity contribution < 1.29 is 14.3 Å². The second-order valence-corrected chi connectivity index (χ2v) is 4.74. The minimum atomic E-state index is -0.528. The SMILES string of the molecule is N#Cc1ccccc1OCC(=O)Oc1ccc(Br)cc1. The molecule has 0 saturated carbocycles. The van der Waals surface area contributed by atoms with Gasteiger partial charge >= 0.3 is 5.97 Å². The number of ether oxygens (including phenoxy) is 2. The minimum absolute atomic E-state index is 0.255. The lowest BCUT2D eigenvalue weighted by Gasteiger charge is -2.07. The van der Waals surface area contributed by atoms with E-state index in [0.717, 1.165) is 4.47 Å². The molecule has 100 valence electrons. The van der Waals surface area contributed by atoms with Crippen molar-refractivity contribution in [1.29, 1.82) is 5.26 Å². The van der Waals surface area contributed by atoms with E-state index >= 15 is 0 Å². The first-order valence-corrected chi connectivity index (χ1v) is 6.56. The van der Waals surface area contributed by atoms with Gasteiger partial charge in [0.25, 0.3) is 0 Å². The normalized spacial score (nSPS) is 9.60. The van der Waals surface area contributed by atoms with Gasteiger partial charge in [-0.15, -0.1) is 0 Å². The molecule has 0 aromatic heterocycles. The molecule has 0 fully saturated rings. The summed E-state index contributed by atoms with van der Waals surface area (Å²) >= 11 is 3.29. The Hall–Kier alpha value is -2.32. The maximum atomic E-state index is 11.6. The van der Waals surface area contributed by atoms with Gasteiger partial charge in [-0.1, -0.05) is 28.1 Å². The van der Waals surface area contributed by atoms with Crippen LogP contribution >= 0.6 is 15.9 Å². The molecular weight excluding hydrogens is 322 g/mol. The van der Waals surface area contributed by atoms with E-state index in [4.69, 9.17) is 14.7 Å². The van der Waals surface area contributed by atoms with Gasteiger partial charge in [-0.3, -0.25) is 0 Å². The van der Waals surface area contributed by atoms with Crippen LogP contribution in [0, 0.1) is 11.3 Å². The lowest BCUT2D eigenvalue weighted by atomic mass is 10.2. The van der Waals surface area contributed by atoms with Crippen LogP contribution in [0.2, 0.25) is 0 Å². The van der Waals surface area contributed by atoms with E-state index in [9.17, 15) is 4.79 Å². The van der Waals surface area contributed by atoms with Gasteiger partial charge in [-0.05, 0) is 36.4 Å². The molecule has 4 nitrogen and oxygen atoms in total. The second kappa shape index (κ2) is 6.73. The lowest BCUT2D eigenvalue weighted by Crippen LogP contribution is -2.18. The number of halogens is 1. The Morgan fingerprint density at radius 1 is 1.15 bits per heavy atom. The van der Waals surface area contributed by atoms with Crippen molar-refractivity contribution in [3.63, 3.8) is 0 Å². The van der Waals surface area contributed by atoms with Crippen LogP contribution in [0.25, 0.3) is 0 Å². The zero-order chi connectivity index (χ0) is 14.4. The molecule has 0 atom stereocenters. The Kier molecular flexibility index (Phi) is 4.75. The van der Waals surface area contributed by atoms with E-state index in [1.165, 1.54) is 0 Å². The third kappa shape index (κ3) is 3.84. The summed E-state index contributed by atoms with van der Waals surface area (Å²) < 4.78 is 11.3. The molecule has 2 aromatic rings. The van der Waals surface area contributed by atoms with Crippen molar-refractivity contribution in [3.05, 3.63) is 58.6 Å². The number of carbonyl (C=O) groups excluding carboxylic acids is 1. The van der Waals surface area contributed by atoms with E-state index in [-0.39, 0.29) is 6.61 Å². The fourth-order valence-electron chi connectivity index (χ4n) is 1.49. The molecule has 0 aliphatic carbocycles. The number of hydrogen-bond donors (Lipinski definition) is 0. The first-order valence-electron chi connectivity index (χ1n) is 5.77. The van der Waals surface area contributed by atoms with Crippen LogP contribution in [0.4, 0.5) is 0 Å². The van der Waals surface area contributed by atoms with Crippen molar-refractivity contribution in [1.82, 2.24) is 0 Å². The molecule has 20 heavy (non-hydrogen) atoms. The van der Waals surface area contributed by atoms with Gasteiger partial charge < -0.3 is 9.47 Å². The summed E-state index contributed by atoms with van der Waals surface area (Å²) in [6.07, 6.45) is 0. The van der Waals surface area contributed by atoms with Crippen LogP contribution < -0.4 is 9.47 Å². The number of rotatable bonds is 4. The number of nitriles is 1. The number of nitrogens with zero attached hydrogens (tertiary/aromatic N) is 1. The fourth-order valence-corrected chi connectivity index (χ4v) is 1.75. The third-order valence-corrected chi connectivity index (χ3v) is 2.93. The molecule has 2 aromatic carbocycles. The number of para-hydroxylation sites is 1. The highest BCUT2D eigenvalue weighted by Gasteiger charge is 2.08. The average Bonchev–Trinajstić information content (AvgIpc) is 2.48. The number of benzene rings is 2. The Morgan fingerprint density at radius 3 is 2.55 bits per heavy atom. The Morgan fingerprint density at radius 2 is 1.85 bits per heavy atom. The molecule has 0 aliphatic heterocycles. The van der Waals surface area contributed by atoms with Crippen molar-refractivity contribution in [3.8, 4) is 17.6 Å². The van der Waals surface area contributed by atoms with E-state index in [1.807, 2.05) is 6.07 Å². The van der Waals surface area contributed by atoms with E-state index < -0.39 is 5.97 Å². The average molecular weight is 332 g/mol. The van der Waals surface area contributed by atoms with Gasteiger partial charge in [-0.25, -0.2) is 4.79 Å². The Bertz CT molecular complexity index is 647. The highest BCUT2D eigenvalue weighted by atomic mass is 79.9. The monoisotopic (exact) mass is 331 g/mol. The van der Waals surface area contributed by atoms with Gasteiger partial charge in [0.2, 0.25) is 0 Å². The van der Waals surface area contributed by atoms with Gasteiger partial charge in [-0.2, -0.15) is 5.26 Å². The number of hydrogen-bond acceptors (Lipinski definition) is 4. The standard InChI is InChI=1S/C15H10BrNO3/c16-12-5-7-13(8-6-12)20-15(18)10-19-14-4-2-1-3-11(14)9-17/h1-8H,10H2. The summed E-state index contributed by atoms with van der Waals surface area (Å²) in [5.74, 6) is 0.276. The van der Waals surface area contributed by atoms with Crippen molar-refractivity contribution >= 4 is 21.9 Å². The molecule has 0 saturated heterocycles. The van der Waals surface area contributed by atoms with Crippen LogP contribution in [0.3, 0.4) is 0 Å². The maximum Gasteiger partial charge on any atom is 0.349 e. The third-order valence-electron chi connectivity index (χ3n) is 2.40. The molecule has 0 amide bonds. The largest absolute Gasteiger partial charge is 0.481 e. The molecule has 0 radical (unpaired) electrons. The summed E-state index contributed by atoms with van der Waals surface area (Å²) in [5, 5.41) is 8.89. The van der Waals surface area contributed by atoms with Gasteiger partial charge in [0, 0.05) is 4.47 Å². The molecule has 0 N–H and O–H groups in total. The highest BCUT2D eigenvalue weighted by Crippen LogP contribution is 2.18. The molecule has 5 heteroatoms. The Balaban J connectivity index is 1.92. The van der Waals surface area contributed by atoms with E-state index in [2.05, 4.69) is 15.9 Å². The minimum Gasteiger partial charge on any atom is -0.481 e. The van der Waals surface area contributed by atoms with Crippen LogP contribution in [0.1, 0.15) is 5.56 Å². The summed E-state index contributed by atoms with van der Waals surface area (Å²) in [6.45, 7) is -0.255. The summed E-state index contributed by atoms with van der Waals surface area (Å²) in [4.78, 5) is 11.6. The van der Waals surface area contributed by atoms with Gasteiger partial charge in [0.15, 0.2) is 6.61 Å². The maximum absolute atomic E-state index is 11.6. The number of carbonyl (C=O) groups is 1. The summed E-state index contributed by atoms with van der Waals surface area (Å²) in [5.41, 5.74) is 0.379. The highest BCUT2D eigenvalue weighted by molar-refractivity contribution is 9.10. The van der Waals surface area contributed by atoms with Gasteiger partial charge in [0.05, 0.1) is 5.56 Å². The molecule has 0 unspecified atom stereocenters.